The molecular formula is C6H6N2O3. The van der Waals surface area contributed by atoms with E-state index >= 15 is 0 Å². The predicted octanol–water partition coefficient (Wildman–Crippen LogP) is 0.537. The minimum atomic E-state index is -2.77. The molecule has 0 bridgehead atoms. The van der Waals surface area contributed by atoms with Gasteiger partial charge in [-0.25, -0.2) is 0 Å². The lowest BCUT2D eigenvalue weighted by Crippen LogP contribution is -2.28. The van der Waals surface area contributed by atoms with Crippen LogP contribution in [0.1, 0.15) is 11.2 Å². The van der Waals surface area contributed by atoms with Crippen LogP contribution in [0.2, 0.25) is 0 Å². The van der Waals surface area contributed by atoms with Crippen molar-refractivity contribution in [3.05, 3.63) is 39.3 Å². The van der Waals surface area contributed by atoms with E-state index in [2.05, 4.69) is 0 Å². The molecule has 0 unspecified atom stereocenters. The molecule has 0 saturated heterocycles. The van der Waals surface area contributed by atoms with Crippen LogP contribution in [0.3, 0.4) is 0 Å². The fraction of sp³-hybridized carbons (Fsp3) is 0.167. The summed E-state index contributed by atoms with van der Waals surface area (Å²) >= 11 is 0. The van der Waals surface area contributed by atoms with Crippen LogP contribution in [0.4, 0.5) is 5.69 Å². The molecule has 0 aliphatic carbocycles. The van der Waals surface area contributed by atoms with Crippen molar-refractivity contribution in [2.24, 2.45) is 0 Å². The first-order valence-corrected chi connectivity index (χ1v) is 2.62. The van der Waals surface area contributed by atoms with Gasteiger partial charge in [0.25, 0.3) is 5.69 Å². The predicted molar refractivity (Wildman–Crippen MR) is 36.8 cm³/mol. The molecule has 0 atom stereocenters. The van der Waals surface area contributed by atoms with E-state index in [1.54, 1.807) is 0 Å². The largest absolute Gasteiger partial charge is 0.619 e. The summed E-state index contributed by atoms with van der Waals surface area (Å²) in [5, 5.41) is 21.5. The topological polar surface area (TPSA) is 70.1 Å². The van der Waals surface area contributed by atoms with Gasteiger partial charge in [0.05, 0.1) is 17.1 Å². The van der Waals surface area contributed by atoms with Gasteiger partial charge < -0.3 is 5.21 Å². The van der Waals surface area contributed by atoms with E-state index in [9.17, 15) is 15.3 Å². The van der Waals surface area contributed by atoms with Crippen molar-refractivity contribution in [2.45, 2.75) is 6.85 Å². The van der Waals surface area contributed by atoms with Gasteiger partial charge in [0.15, 0.2) is 11.9 Å². The Morgan fingerprint density at radius 3 is 3.18 bits per heavy atom. The average Bonchev–Trinajstić information content (AvgIpc) is 2.06. The van der Waals surface area contributed by atoms with Gasteiger partial charge in [-0.2, -0.15) is 4.73 Å². The number of hydrogen-bond donors (Lipinski definition) is 0. The van der Waals surface area contributed by atoms with Crippen molar-refractivity contribution < 1.29 is 15.1 Å². The summed E-state index contributed by atoms with van der Waals surface area (Å²) in [6.07, 6.45) is -0.768. The van der Waals surface area contributed by atoms with E-state index in [0.29, 0.717) is 12.1 Å². The van der Waals surface area contributed by atoms with E-state index < -0.39 is 29.3 Å². The highest BCUT2D eigenvalue weighted by atomic mass is 16.6. The van der Waals surface area contributed by atoms with Gasteiger partial charge in [-0.15, -0.1) is 0 Å². The van der Waals surface area contributed by atoms with E-state index in [-0.39, 0.29) is 4.73 Å². The summed E-state index contributed by atoms with van der Waals surface area (Å²) in [5.41, 5.74) is -1.36. The molecule has 0 amide bonds. The molecule has 0 aliphatic heterocycles. The van der Waals surface area contributed by atoms with Gasteiger partial charge in [-0.05, 0) is 0 Å². The second-order valence-electron chi connectivity index (χ2n) is 1.78. The molecule has 0 aliphatic rings. The first-order valence-electron chi connectivity index (χ1n) is 4.62. The minimum absolute atomic E-state index is 0.153. The Morgan fingerprint density at radius 2 is 2.64 bits per heavy atom. The number of nitro groups is 1. The Bertz CT molecular complexity index is 418. The molecule has 5 heteroatoms. The van der Waals surface area contributed by atoms with Crippen LogP contribution in [-0.4, -0.2) is 4.92 Å². The molecular weight excluding hydrogens is 148 g/mol. The number of rotatable bonds is 1. The quantitative estimate of drug-likeness (QED) is 0.259. The van der Waals surface area contributed by atoms with Crippen molar-refractivity contribution in [2.75, 3.05) is 0 Å². The van der Waals surface area contributed by atoms with E-state index in [1.165, 1.54) is 0 Å². The summed E-state index contributed by atoms with van der Waals surface area (Å²) < 4.78 is 27.8. The molecule has 5 nitrogen and oxygen atoms in total. The first-order chi connectivity index (χ1) is 6.73. The standard InChI is InChI=1S/C6H6N2O3/c1-5-4-6(8(10)11)2-3-7(5)9/h2-4H,1H3/i1D3,3D. The zero-order chi connectivity index (χ0) is 11.8. The number of nitrogens with zero attached hydrogens (tertiary/aromatic N) is 2. The van der Waals surface area contributed by atoms with Crippen LogP contribution in [0, 0.1) is 22.2 Å². The van der Waals surface area contributed by atoms with Crippen molar-refractivity contribution >= 4 is 5.69 Å². The lowest BCUT2D eigenvalue weighted by atomic mass is 10.3. The Kier molecular flexibility index (Phi) is 0.842. The molecule has 1 aromatic heterocycles. The van der Waals surface area contributed by atoms with Crippen LogP contribution >= 0.6 is 0 Å². The third kappa shape index (κ3) is 1.43. The zero-order valence-corrected chi connectivity index (χ0v) is 5.27. The van der Waals surface area contributed by atoms with Gasteiger partial charge in [0.1, 0.15) is 1.37 Å². The van der Waals surface area contributed by atoms with Gasteiger partial charge >= 0.3 is 0 Å². The van der Waals surface area contributed by atoms with E-state index in [4.69, 9.17) is 5.48 Å². The summed E-state index contributed by atoms with van der Waals surface area (Å²) in [6.45, 7) is -2.77. The minimum Gasteiger partial charge on any atom is -0.619 e. The third-order valence-electron chi connectivity index (χ3n) is 1.04. The SMILES string of the molecule is [2H]c1cc([N+](=O)[O-])cc(C([2H])([2H])[2H])[n+]1[O-]. The highest BCUT2D eigenvalue weighted by Gasteiger charge is 2.08. The Labute approximate surface area is 68.2 Å². The van der Waals surface area contributed by atoms with Crippen LogP contribution in [-0.2, 0) is 0 Å². The molecule has 0 spiro atoms. The van der Waals surface area contributed by atoms with E-state index in [1.807, 2.05) is 0 Å². The monoisotopic (exact) mass is 158 g/mol. The molecule has 0 fully saturated rings. The highest BCUT2D eigenvalue weighted by molar-refractivity contribution is 5.26. The summed E-state index contributed by atoms with van der Waals surface area (Å²) in [7, 11) is 0. The Hall–Kier alpha value is -1.65. The molecule has 0 aromatic carbocycles. The fourth-order valence-electron chi connectivity index (χ4n) is 0.540. The van der Waals surface area contributed by atoms with Crippen LogP contribution < -0.4 is 4.73 Å². The van der Waals surface area contributed by atoms with Crippen LogP contribution in [0.25, 0.3) is 0 Å². The van der Waals surface area contributed by atoms with Crippen LogP contribution in [0.5, 0.6) is 0 Å². The Morgan fingerprint density at radius 1 is 1.91 bits per heavy atom. The molecule has 11 heavy (non-hydrogen) atoms. The maximum Gasteiger partial charge on any atom is 0.281 e. The summed E-state index contributed by atoms with van der Waals surface area (Å²) in [4.78, 5) is 9.52. The number of hydrogen-bond acceptors (Lipinski definition) is 3. The fourth-order valence-corrected chi connectivity index (χ4v) is 0.540. The number of aryl methyl sites for hydroxylation is 1. The second-order valence-corrected chi connectivity index (χ2v) is 1.78. The first kappa shape index (κ1) is 3.66. The Balaban J connectivity index is 3.45. The molecule has 0 N–H and O–H groups in total. The average molecular weight is 158 g/mol. The number of aromatic nitrogens is 1. The molecule has 1 rings (SSSR count). The lowest BCUT2D eigenvalue weighted by Gasteiger charge is -1.97. The maximum atomic E-state index is 11.1. The van der Waals surface area contributed by atoms with Crippen molar-refractivity contribution in [1.29, 1.82) is 0 Å². The smallest absolute Gasteiger partial charge is 0.281 e. The van der Waals surface area contributed by atoms with Crippen molar-refractivity contribution in [3.8, 4) is 0 Å². The van der Waals surface area contributed by atoms with Gasteiger partial charge in [0, 0.05) is 11.0 Å². The second kappa shape index (κ2) is 2.53. The van der Waals surface area contributed by atoms with E-state index in [0.717, 1.165) is 0 Å². The third-order valence-corrected chi connectivity index (χ3v) is 1.04. The highest BCUT2D eigenvalue weighted by Crippen LogP contribution is 2.07. The normalized spacial score (nSPS) is 16.0. The molecule has 1 heterocycles. The van der Waals surface area contributed by atoms with Crippen LogP contribution in [0.15, 0.2) is 18.3 Å². The molecule has 0 radical (unpaired) electrons. The molecule has 58 valence electrons. The van der Waals surface area contributed by atoms with Gasteiger partial charge in [0.2, 0.25) is 0 Å². The lowest BCUT2D eigenvalue weighted by molar-refractivity contribution is -0.613. The number of pyridine rings is 1. The molecule has 1 aromatic rings. The summed E-state index contributed by atoms with van der Waals surface area (Å²) in [5.74, 6) is 0. The van der Waals surface area contributed by atoms with Gasteiger partial charge in [-0.3, -0.25) is 10.1 Å². The maximum absolute atomic E-state index is 11.1. The zero-order valence-electron chi connectivity index (χ0n) is 9.27. The van der Waals surface area contributed by atoms with Gasteiger partial charge in [-0.1, -0.05) is 0 Å². The van der Waals surface area contributed by atoms with Crippen molar-refractivity contribution in [3.63, 3.8) is 0 Å². The summed E-state index contributed by atoms with van der Waals surface area (Å²) in [6, 6.07) is 1.35. The molecule has 0 saturated carbocycles. The van der Waals surface area contributed by atoms with Crippen molar-refractivity contribution in [1.82, 2.24) is 0 Å².